The largest absolute Gasteiger partial charge is 0.493 e. The van der Waals surface area contributed by atoms with E-state index in [1.165, 1.54) is 25.1 Å². The second-order valence-corrected chi connectivity index (χ2v) is 6.08. The van der Waals surface area contributed by atoms with Gasteiger partial charge in [-0.15, -0.1) is 0 Å². The lowest BCUT2D eigenvalue weighted by Crippen LogP contribution is -2.13. The summed E-state index contributed by atoms with van der Waals surface area (Å²) in [5.74, 6) is 0.971. The summed E-state index contributed by atoms with van der Waals surface area (Å²) in [7, 11) is 0.974. The van der Waals surface area contributed by atoms with E-state index in [0.717, 1.165) is 0 Å². The molecule has 0 fully saturated rings. The highest BCUT2D eigenvalue weighted by Crippen LogP contribution is 2.30. The van der Waals surface area contributed by atoms with Crippen LogP contribution in [0, 0.1) is 6.92 Å². The molecule has 2 aromatic rings. The summed E-state index contributed by atoms with van der Waals surface area (Å²) >= 11 is 0. The van der Waals surface area contributed by atoms with Gasteiger partial charge in [-0.25, -0.2) is 8.42 Å². The summed E-state index contributed by atoms with van der Waals surface area (Å²) in [6.45, 7) is 1.64. The number of aromatic nitrogens is 2. The summed E-state index contributed by atoms with van der Waals surface area (Å²) in [6, 6.07) is 4.79. The second-order valence-electron chi connectivity index (χ2n) is 4.43. The van der Waals surface area contributed by atoms with Crippen molar-refractivity contribution in [2.75, 3.05) is 18.9 Å². The monoisotopic (exact) mass is 311 g/mol. The van der Waals surface area contributed by atoms with Gasteiger partial charge in [-0.3, -0.25) is 9.40 Å². The number of methoxy groups -OCH3 is 2. The van der Waals surface area contributed by atoms with E-state index < -0.39 is 10.0 Å². The number of nitrogens with zero attached hydrogens (tertiary/aromatic N) is 2. The summed E-state index contributed by atoms with van der Waals surface area (Å²) < 4.78 is 38.9. The van der Waals surface area contributed by atoms with E-state index >= 15 is 0 Å². The van der Waals surface area contributed by atoms with Crippen LogP contribution in [-0.4, -0.2) is 32.4 Å². The highest BCUT2D eigenvalue weighted by Gasteiger charge is 2.20. The van der Waals surface area contributed by atoms with Crippen molar-refractivity contribution in [3.8, 4) is 11.5 Å². The minimum atomic E-state index is -3.70. The normalized spacial score (nSPS) is 11.2. The van der Waals surface area contributed by atoms with Crippen LogP contribution in [0.15, 0.2) is 29.3 Å². The van der Waals surface area contributed by atoms with Crippen molar-refractivity contribution in [3.63, 3.8) is 0 Å². The smallest absolute Gasteiger partial charge is 0.265 e. The molecule has 114 valence electrons. The van der Waals surface area contributed by atoms with Gasteiger partial charge in [-0.05, 0) is 19.1 Å². The molecule has 1 N–H and O–H groups in total. The first-order valence-corrected chi connectivity index (χ1v) is 7.61. The zero-order valence-corrected chi connectivity index (χ0v) is 13.1. The number of anilines is 1. The SMILES string of the molecule is COc1ccc(NS(=O)(=O)c2cn(C)nc2C)cc1OC. The fourth-order valence-corrected chi connectivity index (χ4v) is 3.22. The molecule has 0 saturated carbocycles. The number of rotatable bonds is 5. The van der Waals surface area contributed by atoms with Crippen LogP contribution in [0.3, 0.4) is 0 Å². The molecule has 8 heteroatoms. The van der Waals surface area contributed by atoms with E-state index in [-0.39, 0.29) is 4.90 Å². The average molecular weight is 311 g/mol. The van der Waals surface area contributed by atoms with Gasteiger partial charge in [0.15, 0.2) is 11.5 Å². The van der Waals surface area contributed by atoms with E-state index in [9.17, 15) is 8.42 Å². The lowest BCUT2D eigenvalue weighted by molar-refractivity contribution is 0.355. The number of nitrogens with one attached hydrogen (secondary N) is 1. The first-order valence-electron chi connectivity index (χ1n) is 6.12. The van der Waals surface area contributed by atoms with Gasteiger partial charge in [0.2, 0.25) is 0 Å². The van der Waals surface area contributed by atoms with Crippen LogP contribution in [0.5, 0.6) is 11.5 Å². The van der Waals surface area contributed by atoms with Gasteiger partial charge in [0.1, 0.15) is 4.90 Å². The molecule has 0 spiro atoms. The van der Waals surface area contributed by atoms with Gasteiger partial charge in [0.25, 0.3) is 10.0 Å². The van der Waals surface area contributed by atoms with Crippen LogP contribution in [-0.2, 0) is 17.1 Å². The van der Waals surface area contributed by atoms with Crippen molar-refractivity contribution >= 4 is 15.7 Å². The summed E-state index contributed by atoms with van der Waals surface area (Å²) in [6.07, 6.45) is 1.46. The quantitative estimate of drug-likeness (QED) is 0.906. The first-order chi connectivity index (χ1) is 9.87. The summed E-state index contributed by atoms with van der Waals surface area (Å²) in [4.78, 5) is 0.139. The third kappa shape index (κ3) is 3.10. The van der Waals surface area contributed by atoms with Crippen LogP contribution >= 0.6 is 0 Å². The second kappa shape index (κ2) is 5.65. The molecule has 0 aliphatic rings. The fraction of sp³-hybridized carbons (Fsp3) is 0.308. The standard InChI is InChI=1S/C13H17N3O4S/c1-9-13(8-16(2)14-9)21(17,18)15-10-5-6-11(19-3)12(7-10)20-4/h5-8,15H,1-4H3. The third-order valence-electron chi connectivity index (χ3n) is 2.89. The van der Waals surface area contributed by atoms with Crippen molar-refractivity contribution in [2.45, 2.75) is 11.8 Å². The molecule has 0 bridgehead atoms. The van der Waals surface area contributed by atoms with E-state index in [1.54, 1.807) is 32.2 Å². The van der Waals surface area contributed by atoms with Crippen LogP contribution in [0.1, 0.15) is 5.69 Å². The molecular formula is C13H17N3O4S. The molecular weight excluding hydrogens is 294 g/mol. The lowest BCUT2D eigenvalue weighted by atomic mass is 10.3. The number of hydrogen-bond acceptors (Lipinski definition) is 5. The summed E-state index contributed by atoms with van der Waals surface area (Å²) in [5.41, 5.74) is 0.821. The Balaban J connectivity index is 2.35. The molecule has 2 rings (SSSR count). The van der Waals surface area contributed by atoms with E-state index in [2.05, 4.69) is 9.82 Å². The lowest BCUT2D eigenvalue weighted by Gasteiger charge is -2.11. The van der Waals surface area contributed by atoms with Crippen LogP contribution in [0.4, 0.5) is 5.69 Å². The fourth-order valence-electron chi connectivity index (χ4n) is 1.95. The summed E-state index contributed by atoms with van der Waals surface area (Å²) in [5, 5.41) is 4.03. The Morgan fingerprint density at radius 1 is 1.19 bits per heavy atom. The molecule has 1 aromatic heterocycles. The molecule has 0 aliphatic heterocycles. The molecule has 1 aromatic carbocycles. The van der Waals surface area contributed by atoms with Crippen LogP contribution in [0.25, 0.3) is 0 Å². The number of hydrogen-bond donors (Lipinski definition) is 1. The molecule has 0 unspecified atom stereocenters. The maximum atomic E-state index is 12.4. The number of sulfonamides is 1. The van der Waals surface area contributed by atoms with E-state index in [1.807, 2.05) is 0 Å². The van der Waals surface area contributed by atoms with Crippen LogP contribution < -0.4 is 14.2 Å². The molecule has 0 radical (unpaired) electrons. The maximum absolute atomic E-state index is 12.4. The zero-order chi connectivity index (χ0) is 15.6. The average Bonchev–Trinajstić information content (AvgIpc) is 2.78. The molecule has 0 atom stereocenters. The Hall–Kier alpha value is -2.22. The van der Waals surface area contributed by atoms with Crippen molar-refractivity contribution in [3.05, 3.63) is 30.1 Å². The molecule has 21 heavy (non-hydrogen) atoms. The van der Waals surface area contributed by atoms with Gasteiger partial charge in [-0.1, -0.05) is 0 Å². The number of ether oxygens (including phenoxy) is 2. The number of benzene rings is 1. The van der Waals surface area contributed by atoms with Crippen molar-refractivity contribution in [1.82, 2.24) is 9.78 Å². The Kier molecular flexibility index (Phi) is 4.08. The molecule has 1 heterocycles. The number of aryl methyl sites for hydroxylation is 2. The Bertz CT molecular complexity index is 753. The third-order valence-corrected chi connectivity index (χ3v) is 4.38. The van der Waals surface area contributed by atoms with E-state index in [0.29, 0.717) is 22.9 Å². The molecule has 7 nitrogen and oxygen atoms in total. The zero-order valence-electron chi connectivity index (χ0n) is 12.2. The topological polar surface area (TPSA) is 82.5 Å². The van der Waals surface area contributed by atoms with Gasteiger partial charge in [0.05, 0.1) is 25.6 Å². The molecule has 0 aliphatic carbocycles. The molecule has 0 saturated heterocycles. The van der Waals surface area contributed by atoms with Crippen molar-refractivity contribution < 1.29 is 17.9 Å². The highest BCUT2D eigenvalue weighted by molar-refractivity contribution is 7.92. The van der Waals surface area contributed by atoms with Crippen molar-refractivity contribution in [1.29, 1.82) is 0 Å². The van der Waals surface area contributed by atoms with Crippen molar-refractivity contribution in [2.24, 2.45) is 7.05 Å². The van der Waals surface area contributed by atoms with Crippen LogP contribution in [0.2, 0.25) is 0 Å². The Labute approximate surface area is 123 Å². The predicted octanol–water partition coefficient (Wildman–Crippen LogP) is 1.55. The highest BCUT2D eigenvalue weighted by atomic mass is 32.2. The molecule has 0 amide bonds. The minimum absolute atomic E-state index is 0.139. The van der Waals surface area contributed by atoms with Gasteiger partial charge >= 0.3 is 0 Å². The van der Waals surface area contributed by atoms with Gasteiger partial charge in [-0.2, -0.15) is 5.10 Å². The Morgan fingerprint density at radius 2 is 1.86 bits per heavy atom. The minimum Gasteiger partial charge on any atom is -0.493 e. The predicted molar refractivity (Wildman–Crippen MR) is 78.3 cm³/mol. The van der Waals surface area contributed by atoms with Gasteiger partial charge < -0.3 is 9.47 Å². The maximum Gasteiger partial charge on any atom is 0.265 e. The first kappa shape index (κ1) is 15.2. The van der Waals surface area contributed by atoms with Gasteiger partial charge in [0, 0.05) is 19.3 Å². The van der Waals surface area contributed by atoms with E-state index in [4.69, 9.17) is 9.47 Å². The Morgan fingerprint density at radius 3 is 2.38 bits per heavy atom.